The molecule has 2 N–H and O–H groups in total. The van der Waals surface area contributed by atoms with E-state index < -0.39 is 0 Å². The Hall–Kier alpha value is -1.72. The Labute approximate surface area is 146 Å². The number of nitrogens with one attached hydrogen (secondary N) is 2. The molecule has 3 nitrogen and oxygen atoms in total. The van der Waals surface area contributed by atoms with Gasteiger partial charge in [-0.05, 0) is 42.0 Å². The Bertz CT molecular complexity index is 657. The summed E-state index contributed by atoms with van der Waals surface area (Å²) in [7, 11) is 0. The van der Waals surface area contributed by atoms with Crippen LogP contribution >= 0.6 is 11.3 Å². The van der Waals surface area contributed by atoms with Crippen LogP contribution in [-0.2, 0) is 4.79 Å². The average Bonchev–Trinajstić information content (AvgIpc) is 3.08. The monoisotopic (exact) mass is 347 g/mol. The normalized spacial score (nSPS) is 22.1. The lowest BCUT2D eigenvalue weighted by Gasteiger charge is -2.28. The zero-order chi connectivity index (χ0) is 16.9. The maximum absolute atomic E-state index is 13.2. The Kier molecular flexibility index (Phi) is 5.63. The number of quaternary nitrogens is 1. The van der Waals surface area contributed by atoms with E-state index in [4.69, 9.17) is 0 Å². The molecule has 0 saturated carbocycles. The quantitative estimate of drug-likeness (QED) is 0.856. The van der Waals surface area contributed by atoms with Crippen molar-refractivity contribution in [3.63, 3.8) is 0 Å². The zero-order valence-corrected chi connectivity index (χ0v) is 14.7. The Morgan fingerprint density at radius 1 is 1.38 bits per heavy atom. The smallest absolute Gasteiger partial charge is 0.275 e. The lowest BCUT2D eigenvalue weighted by atomic mass is 10.0. The van der Waals surface area contributed by atoms with E-state index in [1.54, 1.807) is 23.5 Å². The van der Waals surface area contributed by atoms with Gasteiger partial charge in [0.1, 0.15) is 5.82 Å². The largest absolute Gasteiger partial charge is 0.339 e. The van der Waals surface area contributed by atoms with Crippen LogP contribution in [0.2, 0.25) is 0 Å². The molecule has 1 amide bonds. The molecule has 2 aromatic rings. The number of thiophene rings is 1. The summed E-state index contributed by atoms with van der Waals surface area (Å²) in [6.07, 6.45) is 2.45. The van der Waals surface area contributed by atoms with Crippen LogP contribution in [0, 0.1) is 11.7 Å². The van der Waals surface area contributed by atoms with E-state index in [9.17, 15) is 9.18 Å². The number of benzene rings is 1. The fraction of sp³-hybridized carbons (Fsp3) is 0.421. The summed E-state index contributed by atoms with van der Waals surface area (Å²) in [5, 5.41) is 5.14. The summed E-state index contributed by atoms with van der Waals surface area (Å²) >= 11 is 1.60. The number of hydrogen-bond donors (Lipinski definition) is 2. The predicted molar refractivity (Wildman–Crippen MR) is 94.7 cm³/mol. The van der Waals surface area contributed by atoms with Crippen LogP contribution in [0.1, 0.15) is 36.2 Å². The van der Waals surface area contributed by atoms with E-state index in [0.717, 1.165) is 23.5 Å². The SMILES string of the molecule is C[C@@H]1CCC[NH+](CC(=O)N[C@@H](c2ccc(F)cc2)c2cccs2)C1. The van der Waals surface area contributed by atoms with Crippen molar-refractivity contribution < 1.29 is 14.1 Å². The van der Waals surface area contributed by atoms with Gasteiger partial charge in [0.05, 0.1) is 19.1 Å². The Morgan fingerprint density at radius 2 is 2.17 bits per heavy atom. The average molecular weight is 347 g/mol. The summed E-state index contributed by atoms with van der Waals surface area (Å²) in [5.74, 6) is 0.482. The van der Waals surface area contributed by atoms with Crippen LogP contribution < -0.4 is 10.2 Å². The van der Waals surface area contributed by atoms with Crippen LogP contribution in [0.5, 0.6) is 0 Å². The van der Waals surface area contributed by atoms with Gasteiger partial charge in [-0.1, -0.05) is 25.1 Å². The van der Waals surface area contributed by atoms with Crippen LogP contribution in [-0.4, -0.2) is 25.5 Å². The van der Waals surface area contributed by atoms with E-state index in [1.807, 2.05) is 17.5 Å². The van der Waals surface area contributed by atoms with Crippen LogP contribution in [0.25, 0.3) is 0 Å². The molecule has 3 atom stereocenters. The number of piperidine rings is 1. The summed E-state index contributed by atoms with van der Waals surface area (Å²) in [5.41, 5.74) is 0.911. The first kappa shape index (κ1) is 17.1. The molecule has 1 aliphatic rings. The highest BCUT2D eigenvalue weighted by Gasteiger charge is 2.24. The maximum atomic E-state index is 13.2. The van der Waals surface area contributed by atoms with Gasteiger partial charge in [0, 0.05) is 10.8 Å². The molecule has 3 rings (SSSR count). The van der Waals surface area contributed by atoms with E-state index in [2.05, 4.69) is 12.2 Å². The second kappa shape index (κ2) is 7.90. The van der Waals surface area contributed by atoms with E-state index in [-0.39, 0.29) is 17.8 Å². The van der Waals surface area contributed by atoms with Crippen LogP contribution in [0.15, 0.2) is 41.8 Å². The van der Waals surface area contributed by atoms with Crippen molar-refractivity contribution in [2.45, 2.75) is 25.8 Å². The molecule has 0 radical (unpaired) electrons. The second-order valence-corrected chi connectivity index (χ2v) is 7.68. The standard InChI is InChI=1S/C19H23FN2OS/c1-14-4-2-10-22(12-14)13-18(23)21-19(17-5-3-11-24-17)15-6-8-16(20)9-7-15/h3,5-9,11,14,19H,2,4,10,12-13H2,1H3,(H,21,23)/p+1/t14-,19+/m1/s1. The van der Waals surface area contributed by atoms with Gasteiger partial charge in [0.15, 0.2) is 6.54 Å². The molecule has 1 aromatic heterocycles. The van der Waals surface area contributed by atoms with Crippen molar-refractivity contribution in [1.82, 2.24) is 5.32 Å². The molecule has 1 fully saturated rings. The van der Waals surface area contributed by atoms with Crippen molar-refractivity contribution >= 4 is 17.2 Å². The number of halogens is 1. The summed E-state index contributed by atoms with van der Waals surface area (Å²) in [6, 6.07) is 10.2. The Balaban J connectivity index is 1.70. The molecule has 5 heteroatoms. The molecular weight excluding hydrogens is 323 g/mol. The van der Waals surface area contributed by atoms with Gasteiger partial charge in [0.25, 0.3) is 5.91 Å². The van der Waals surface area contributed by atoms with Gasteiger partial charge in [-0.3, -0.25) is 4.79 Å². The third kappa shape index (κ3) is 4.42. The lowest BCUT2D eigenvalue weighted by Crippen LogP contribution is -3.14. The van der Waals surface area contributed by atoms with E-state index in [1.165, 1.54) is 29.9 Å². The minimum Gasteiger partial charge on any atom is -0.339 e. The molecule has 1 saturated heterocycles. The van der Waals surface area contributed by atoms with Gasteiger partial charge in [-0.2, -0.15) is 0 Å². The summed E-state index contributed by atoms with van der Waals surface area (Å²) in [4.78, 5) is 15.0. The number of rotatable bonds is 5. The maximum Gasteiger partial charge on any atom is 0.275 e. The lowest BCUT2D eigenvalue weighted by molar-refractivity contribution is -0.900. The molecular formula is C19H24FN2OS+. The van der Waals surface area contributed by atoms with Crippen LogP contribution in [0.3, 0.4) is 0 Å². The summed E-state index contributed by atoms with van der Waals surface area (Å²) < 4.78 is 13.2. The predicted octanol–water partition coefficient (Wildman–Crippen LogP) is 2.41. The first-order chi connectivity index (χ1) is 11.6. The third-order valence-corrected chi connectivity index (χ3v) is 5.55. The third-order valence-electron chi connectivity index (χ3n) is 4.61. The minimum absolute atomic E-state index is 0.0572. The zero-order valence-electron chi connectivity index (χ0n) is 13.9. The molecule has 0 aliphatic carbocycles. The number of carbonyl (C=O) groups is 1. The molecule has 1 aromatic carbocycles. The Morgan fingerprint density at radius 3 is 2.83 bits per heavy atom. The number of amides is 1. The minimum atomic E-state index is -0.262. The molecule has 0 spiro atoms. The molecule has 0 bridgehead atoms. The van der Waals surface area contributed by atoms with Crippen molar-refractivity contribution in [2.75, 3.05) is 19.6 Å². The molecule has 1 unspecified atom stereocenters. The molecule has 128 valence electrons. The fourth-order valence-electron chi connectivity index (χ4n) is 3.43. The van der Waals surface area contributed by atoms with Gasteiger partial charge < -0.3 is 10.2 Å². The van der Waals surface area contributed by atoms with Gasteiger partial charge >= 0.3 is 0 Å². The second-order valence-electron chi connectivity index (χ2n) is 6.70. The number of likely N-dealkylation sites (tertiary alicyclic amines) is 1. The van der Waals surface area contributed by atoms with Crippen LogP contribution in [0.4, 0.5) is 4.39 Å². The molecule has 2 heterocycles. The number of hydrogen-bond acceptors (Lipinski definition) is 2. The van der Waals surface area contributed by atoms with E-state index in [0.29, 0.717) is 12.5 Å². The molecule has 24 heavy (non-hydrogen) atoms. The molecule has 1 aliphatic heterocycles. The highest BCUT2D eigenvalue weighted by atomic mass is 32.1. The van der Waals surface area contributed by atoms with Crippen molar-refractivity contribution in [3.8, 4) is 0 Å². The van der Waals surface area contributed by atoms with Crippen molar-refractivity contribution in [2.24, 2.45) is 5.92 Å². The van der Waals surface area contributed by atoms with Gasteiger partial charge in [0.2, 0.25) is 0 Å². The topological polar surface area (TPSA) is 33.5 Å². The van der Waals surface area contributed by atoms with Crippen molar-refractivity contribution in [3.05, 3.63) is 58.0 Å². The first-order valence-electron chi connectivity index (χ1n) is 8.53. The van der Waals surface area contributed by atoms with Gasteiger partial charge in [-0.15, -0.1) is 11.3 Å². The van der Waals surface area contributed by atoms with E-state index >= 15 is 0 Å². The first-order valence-corrected chi connectivity index (χ1v) is 9.41. The highest BCUT2D eigenvalue weighted by molar-refractivity contribution is 7.10. The summed E-state index contributed by atoms with van der Waals surface area (Å²) in [6.45, 7) is 4.89. The van der Waals surface area contributed by atoms with Gasteiger partial charge in [-0.25, -0.2) is 4.39 Å². The highest BCUT2D eigenvalue weighted by Crippen LogP contribution is 2.26. The van der Waals surface area contributed by atoms with Crippen molar-refractivity contribution in [1.29, 1.82) is 0 Å². The fourth-order valence-corrected chi connectivity index (χ4v) is 4.23. The number of carbonyl (C=O) groups excluding carboxylic acids is 1.